The molecule has 0 saturated carbocycles. The molecule has 0 fully saturated rings. The molecule has 1 N–H and O–H groups in total. The molecule has 0 aliphatic heterocycles. The Labute approximate surface area is 141 Å². The van der Waals surface area contributed by atoms with Crippen LogP contribution in [0, 0.1) is 12.7 Å². The van der Waals surface area contributed by atoms with E-state index >= 15 is 0 Å². The number of amides is 1. The van der Waals surface area contributed by atoms with Crippen molar-refractivity contribution in [3.63, 3.8) is 0 Å². The molecule has 3 heteroatoms. The molecule has 0 aromatic heterocycles. The van der Waals surface area contributed by atoms with Crippen LogP contribution in [0.5, 0.6) is 0 Å². The summed E-state index contributed by atoms with van der Waals surface area (Å²) >= 11 is 0. The summed E-state index contributed by atoms with van der Waals surface area (Å²) in [5.41, 5.74) is 4.73. The lowest BCUT2D eigenvalue weighted by Gasteiger charge is -2.12. The van der Waals surface area contributed by atoms with Gasteiger partial charge in [-0.3, -0.25) is 4.79 Å². The van der Waals surface area contributed by atoms with E-state index in [1.807, 2.05) is 49.4 Å². The lowest BCUT2D eigenvalue weighted by molar-refractivity contribution is -0.115. The Bertz CT molecular complexity index is 841. The number of rotatable bonds is 4. The van der Waals surface area contributed by atoms with Crippen molar-refractivity contribution in [3.05, 3.63) is 89.7 Å². The van der Waals surface area contributed by atoms with Crippen molar-refractivity contribution in [2.75, 3.05) is 5.32 Å². The number of hydrogen-bond donors (Lipinski definition) is 1. The van der Waals surface area contributed by atoms with Gasteiger partial charge in [0, 0.05) is 11.3 Å². The van der Waals surface area contributed by atoms with E-state index in [0.717, 1.165) is 27.9 Å². The predicted octanol–water partition coefficient (Wildman–Crippen LogP) is 4.98. The average molecular weight is 319 g/mol. The fourth-order valence-corrected chi connectivity index (χ4v) is 2.61. The Hall–Kier alpha value is -2.94. The first-order valence-corrected chi connectivity index (χ1v) is 7.82. The largest absolute Gasteiger partial charge is 0.325 e. The van der Waals surface area contributed by atoms with Gasteiger partial charge in [-0.15, -0.1) is 0 Å². The van der Waals surface area contributed by atoms with Crippen LogP contribution in [0.3, 0.4) is 0 Å². The second-order valence-corrected chi connectivity index (χ2v) is 5.77. The van der Waals surface area contributed by atoms with Crippen molar-refractivity contribution < 1.29 is 9.18 Å². The second kappa shape index (κ2) is 7.09. The molecule has 0 saturated heterocycles. The molecule has 3 aromatic rings. The third kappa shape index (κ3) is 3.87. The number of aryl methyl sites for hydroxylation is 1. The van der Waals surface area contributed by atoms with E-state index in [-0.39, 0.29) is 18.1 Å². The molecule has 0 aliphatic rings. The van der Waals surface area contributed by atoms with Gasteiger partial charge in [0.1, 0.15) is 5.82 Å². The van der Waals surface area contributed by atoms with Gasteiger partial charge in [-0.1, -0.05) is 54.1 Å². The Morgan fingerprint density at radius 2 is 1.67 bits per heavy atom. The zero-order valence-corrected chi connectivity index (χ0v) is 13.4. The normalized spacial score (nSPS) is 10.4. The fourth-order valence-electron chi connectivity index (χ4n) is 2.61. The molecule has 3 rings (SSSR count). The standard InChI is InChI=1S/C21H18FNO/c1-15-7-12-20(19(13-15)17-5-3-2-4-6-17)23-21(24)14-16-8-10-18(22)11-9-16/h2-13H,14H2,1H3,(H,23,24). The molecule has 0 atom stereocenters. The Balaban J connectivity index is 1.82. The highest BCUT2D eigenvalue weighted by atomic mass is 19.1. The minimum absolute atomic E-state index is 0.123. The molecule has 0 unspecified atom stereocenters. The summed E-state index contributed by atoms with van der Waals surface area (Å²) in [6.45, 7) is 2.02. The molecule has 3 aromatic carbocycles. The maximum atomic E-state index is 12.9. The van der Waals surface area contributed by atoms with Crippen LogP contribution >= 0.6 is 0 Å². The van der Waals surface area contributed by atoms with E-state index in [1.54, 1.807) is 12.1 Å². The molecule has 0 spiro atoms. The first-order chi connectivity index (χ1) is 11.6. The Morgan fingerprint density at radius 3 is 2.38 bits per heavy atom. The monoisotopic (exact) mass is 319 g/mol. The smallest absolute Gasteiger partial charge is 0.228 e. The minimum Gasteiger partial charge on any atom is -0.325 e. The number of nitrogens with one attached hydrogen (secondary N) is 1. The van der Waals surface area contributed by atoms with Crippen molar-refractivity contribution >= 4 is 11.6 Å². The van der Waals surface area contributed by atoms with E-state index < -0.39 is 0 Å². The Kier molecular flexibility index (Phi) is 4.71. The van der Waals surface area contributed by atoms with Gasteiger partial charge in [0.25, 0.3) is 0 Å². The van der Waals surface area contributed by atoms with Crippen molar-refractivity contribution in [2.24, 2.45) is 0 Å². The molecule has 0 aliphatic carbocycles. The van der Waals surface area contributed by atoms with Gasteiger partial charge in [0.2, 0.25) is 5.91 Å². The number of carbonyl (C=O) groups is 1. The fraction of sp³-hybridized carbons (Fsp3) is 0.0952. The lowest BCUT2D eigenvalue weighted by atomic mass is 10.0. The van der Waals surface area contributed by atoms with E-state index in [1.165, 1.54) is 12.1 Å². The molecule has 120 valence electrons. The quantitative estimate of drug-likeness (QED) is 0.722. The molecule has 2 nitrogen and oxygen atoms in total. The van der Waals surface area contributed by atoms with Gasteiger partial charge >= 0.3 is 0 Å². The van der Waals surface area contributed by atoms with Crippen LogP contribution < -0.4 is 5.32 Å². The van der Waals surface area contributed by atoms with Crippen molar-refractivity contribution in [2.45, 2.75) is 13.3 Å². The van der Waals surface area contributed by atoms with Crippen LogP contribution in [0.4, 0.5) is 10.1 Å². The summed E-state index contributed by atoms with van der Waals surface area (Å²) in [5, 5.41) is 2.97. The third-order valence-corrected chi connectivity index (χ3v) is 3.81. The van der Waals surface area contributed by atoms with E-state index in [4.69, 9.17) is 0 Å². The van der Waals surface area contributed by atoms with Gasteiger partial charge in [-0.05, 0) is 42.3 Å². The number of carbonyl (C=O) groups excluding carboxylic acids is 1. The summed E-state index contributed by atoms with van der Waals surface area (Å²) in [5.74, 6) is -0.424. The van der Waals surface area contributed by atoms with Crippen LogP contribution in [-0.4, -0.2) is 5.91 Å². The molecule has 24 heavy (non-hydrogen) atoms. The van der Waals surface area contributed by atoms with Crippen LogP contribution in [-0.2, 0) is 11.2 Å². The topological polar surface area (TPSA) is 29.1 Å². The number of hydrogen-bond acceptors (Lipinski definition) is 1. The molecule has 1 amide bonds. The van der Waals surface area contributed by atoms with Crippen molar-refractivity contribution in [1.82, 2.24) is 0 Å². The highest BCUT2D eigenvalue weighted by Gasteiger charge is 2.10. The van der Waals surface area contributed by atoms with Gasteiger partial charge < -0.3 is 5.32 Å². The molecule has 0 bridgehead atoms. The summed E-state index contributed by atoms with van der Waals surface area (Å²) in [6.07, 6.45) is 0.211. The molecule has 0 radical (unpaired) electrons. The SMILES string of the molecule is Cc1ccc(NC(=O)Cc2ccc(F)cc2)c(-c2ccccc2)c1. The predicted molar refractivity (Wildman–Crippen MR) is 95.3 cm³/mol. The third-order valence-electron chi connectivity index (χ3n) is 3.81. The zero-order valence-electron chi connectivity index (χ0n) is 13.4. The maximum absolute atomic E-state index is 12.9. The number of benzene rings is 3. The van der Waals surface area contributed by atoms with E-state index in [2.05, 4.69) is 11.4 Å². The molecule has 0 heterocycles. The number of halogens is 1. The molecular weight excluding hydrogens is 301 g/mol. The van der Waals surface area contributed by atoms with Crippen LogP contribution in [0.15, 0.2) is 72.8 Å². The summed E-state index contributed by atoms with van der Waals surface area (Å²) < 4.78 is 12.9. The van der Waals surface area contributed by atoms with Gasteiger partial charge in [-0.25, -0.2) is 4.39 Å². The average Bonchev–Trinajstić information content (AvgIpc) is 2.59. The maximum Gasteiger partial charge on any atom is 0.228 e. The first-order valence-electron chi connectivity index (χ1n) is 7.82. The molecular formula is C21H18FNO. The van der Waals surface area contributed by atoms with Gasteiger partial charge in [0.05, 0.1) is 6.42 Å². The summed E-state index contributed by atoms with van der Waals surface area (Å²) in [6, 6.07) is 21.9. The minimum atomic E-state index is -0.302. The van der Waals surface area contributed by atoms with Crippen LogP contribution in [0.1, 0.15) is 11.1 Å². The highest BCUT2D eigenvalue weighted by Crippen LogP contribution is 2.29. The van der Waals surface area contributed by atoms with E-state index in [9.17, 15) is 9.18 Å². The van der Waals surface area contributed by atoms with Crippen molar-refractivity contribution in [3.8, 4) is 11.1 Å². The number of anilines is 1. The second-order valence-electron chi connectivity index (χ2n) is 5.77. The van der Waals surface area contributed by atoms with Crippen LogP contribution in [0.2, 0.25) is 0 Å². The zero-order chi connectivity index (χ0) is 16.9. The Morgan fingerprint density at radius 1 is 0.958 bits per heavy atom. The highest BCUT2D eigenvalue weighted by molar-refractivity contribution is 5.96. The lowest BCUT2D eigenvalue weighted by Crippen LogP contribution is -2.15. The summed E-state index contributed by atoms with van der Waals surface area (Å²) in [7, 11) is 0. The van der Waals surface area contributed by atoms with E-state index in [0.29, 0.717) is 0 Å². The van der Waals surface area contributed by atoms with Gasteiger partial charge in [0.15, 0.2) is 0 Å². The van der Waals surface area contributed by atoms with Crippen LogP contribution in [0.25, 0.3) is 11.1 Å². The first kappa shape index (κ1) is 15.9. The van der Waals surface area contributed by atoms with Gasteiger partial charge in [-0.2, -0.15) is 0 Å². The van der Waals surface area contributed by atoms with Crippen molar-refractivity contribution in [1.29, 1.82) is 0 Å². The summed E-state index contributed by atoms with van der Waals surface area (Å²) in [4.78, 5) is 12.3.